The molecule has 6 nitrogen and oxygen atoms in total. The minimum absolute atomic E-state index is 0.117. The molecule has 0 unspecified atom stereocenters. The maximum Gasteiger partial charge on any atom is 0.306 e. The number of carbonyl (C=O) groups is 1. The Labute approximate surface area is 169 Å². The molecule has 162 valence electrons. The standard InChI is InChI=1S/C22H38O6/c1-2-24-20(23)18-19-12-16-22(17-13-19)27-25-21(26-28-22)14-10-8-6-4-3-5-7-9-11-15-21/h19H,2-18H2,1H3. The number of hydrogen-bond donors (Lipinski definition) is 0. The molecule has 1 saturated heterocycles. The molecule has 0 radical (unpaired) electrons. The van der Waals surface area contributed by atoms with Crippen LogP contribution in [0.4, 0.5) is 0 Å². The van der Waals surface area contributed by atoms with E-state index in [9.17, 15) is 4.79 Å². The molecule has 3 rings (SSSR count). The first-order valence-electron chi connectivity index (χ1n) is 11.5. The predicted octanol–water partition coefficient (Wildman–Crippen LogP) is 5.74. The van der Waals surface area contributed by atoms with Crippen molar-refractivity contribution in [3.8, 4) is 0 Å². The number of hydrogen-bond acceptors (Lipinski definition) is 6. The van der Waals surface area contributed by atoms with Crippen LogP contribution in [0.25, 0.3) is 0 Å². The molecule has 3 fully saturated rings. The molecule has 2 saturated carbocycles. The van der Waals surface area contributed by atoms with Crippen molar-refractivity contribution in [2.24, 2.45) is 5.92 Å². The molecule has 6 heteroatoms. The maximum absolute atomic E-state index is 11.7. The molecule has 0 N–H and O–H groups in total. The summed E-state index contributed by atoms with van der Waals surface area (Å²) in [5, 5.41) is 0. The first-order valence-corrected chi connectivity index (χ1v) is 11.5. The maximum atomic E-state index is 11.7. The van der Waals surface area contributed by atoms with E-state index in [1.54, 1.807) is 0 Å². The summed E-state index contributed by atoms with van der Waals surface area (Å²) in [4.78, 5) is 35.3. The van der Waals surface area contributed by atoms with Gasteiger partial charge in [-0.05, 0) is 38.5 Å². The minimum Gasteiger partial charge on any atom is -0.466 e. The van der Waals surface area contributed by atoms with Gasteiger partial charge in [-0.15, -0.1) is 0 Å². The van der Waals surface area contributed by atoms with Gasteiger partial charge in [0, 0.05) is 32.1 Å². The van der Waals surface area contributed by atoms with Crippen LogP contribution in [0.1, 0.15) is 110 Å². The summed E-state index contributed by atoms with van der Waals surface area (Å²) < 4.78 is 5.06. The first kappa shape index (κ1) is 22.0. The molecule has 3 aliphatic rings. The Balaban J connectivity index is 1.47. The van der Waals surface area contributed by atoms with Gasteiger partial charge in [-0.2, -0.15) is 19.6 Å². The minimum atomic E-state index is -0.819. The van der Waals surface area contributed by atoms with Crippen molar-refractivity contribution in [2.75, 3.05) is 6.61 Å². The second-order valence-electron chi connectivity index (χ2n) is 8.79. The molecule has 0 amide bonds. The second kappa shape index (κ2) is 10.9. The van der Waals surface area contributed by atoms with Crippen molar-refractivity contribution >= 4 is 5.97 Å². The molecular formula is C22H38O6. The molecule has 0 atom stereocenters. The van der Waals surface area contributed by atoms with Crippen molar-refractivity contribution in [3.63, 3.8) is 0 Å². The molecule has 28 heavy (non-hydrogen) atoms. The zero-order chi connectivity index (χ0) is 19.7. The van der Waals surface area contributed by atoms with Crippen molar-refractivity contribution in [3.05, 3.63) is 0 Å². The second-order valence-corrected chi connectivity index (χ2v) is 8.79. The van der Waals surface area contributed by atoms with Gasteiger partial charge in [-0.25, -0.2) is 0 Å². The Kier molecular flexibility index (Phi) is 8.57. The van der Waals surface area contributed by atoms with Crippen molar-refractivity contribution in [1.82, 2.24) is 0 Å². The molecule has 0 aromatic carbocycles. The number of esters is 1. The number of carbonyl (C=O) groups excluding carboxylic acids is 1. The lowest BCUT2D eigenvalue weighted by Crippen LogP contribution is -2.52. The van der Waals surface area contributed by atoms with E-state index >= 15 is 0 Å². The van der Waals surface area contributed by atoms with E-state index in [0.717, 1.165) is 38.5 Å². The van der Waals surface area contributed by atoms with Gasteiger partial charge in [-0.1, -0.05) is 44.9 Å². The Morgan fingerprint density at radius 2 is 1.18 bits per heavy atom. The van der Waals surface area contributed by atoms with Gasteiger partial charge >= 0.3 is 5.97 Å². The van der Waals surface area contributed by atoms with Gasteiger partial charge in [0.15, 0.2) is 0 Å². The third-order valence-electron chi connectivity index (χ3n) is 6.43. The first-order chi connectivity index (χ1) is 13.7. The molecule has 0 aromatic rings. The zero-order valence-electron chi connectivity index (χ0n) is 17.5. The van der Waals surface area contributed by atoms with Gasteiger partial charge in [0.25, 0.3) is 0 Å². The van der Waals surface area contributed by atoms with Crippen LogP contribution < -0.4 is 0 Å². The summed E-state index contributed by atoms with van der Waals surface area (Å²) in [5.41, 5.74) is 0. The lowest BCUT2D eigenvalue weighted by atomic mass is 9.83. The van der Waals surface area contributed by atoms with Crippen LogP contribution in [0, 0.1) is 5.92 Å². The molecule has 2 spiro atoms. The summed E-state index contributed by atoms with van der Waals surface area (Å²) >= 11 is 0. The smallest absolute Gasteiger partial charge is 0.306 e. The average Bonchev–Trinajstić information content (AvgIpc) is 2.69. The third-order valence-corrected chi connectivity index (χ3v) is 6.43. The van der Waals surface area contributed by atoms with Gasteiger partial charge in [0.05, 0.1) is 6.61 Å². The lowest BCUT2D eigenvalue weighted by Gasteiger charge is -2.45. The van der Waals surface area contributed by atoms with Gasteiger partial charge in [0.2, 0.25) is 11.6 Å². The van der Waals surface area contributed by atoms with E-state index in [1.807, 2.05) is 6.92 Å². The lowest BCUT2D eigenvalue weighted by molar-refractivity contribution is -0.662. The molecule has 0 aromatic heterocycles. The van der Waals surface area contributed by atoms with E-state index in [4.69, 9.17) is 24.3 Å². The van der Waals surface area contributed by atoms with Crippen LogP contribution in [-0.2, 0) is 29.1 Å². The Hall–Kier alpha value is -0.690. The van der Waals surface area contributed by atoms with E-state index in [2.05, 4.69) is 0 Å². The van der Waals surface area contributed by atoms with E-state index in [0.29, 0.717) is 31.8 Å². The summed E-state index contributed by atoms with van der Waals surface area (Å²) in [6, 6.07) is 0. The Morgan fingerprint density at radius 1 is 0.750 bits per heavy atom. The van der Waals surface area contributed by atoms with Gasteiger partial charge in [0.1, 0.15) is 0 Å². The van der Waals surface area contributed by atoms with Crippen LogP contribution in [0.5, 0.6) is 0 Å². The zero-order valence-corrected chi connectivity index (χ0v) is 17.5. The van der Waals surface area contributed by atoms with Crippen molar-refractivity contribution in [2.45, 2.75) is 121 Å². The largest absolute Gasteiger partial charge is 0.466 e. The van der Waals surface area contributed by atoms with Crippen molar-refractivity contribution < 1.29 is 29.1 Å². The average molecular weight is 399 g/mol. The summed E-state index contributed by atoms with van der Waals surface area (Å²) in [6.45, 7) is 2.27. The molecule has 1 aliphatic heterocycles. The van der Waals surface area contributed by atoms with Crippen LogP contribution in [0.2, 0.25) is 0 Å². The van der Waals surface area contributed by atoms with E-state index < -0.39 is 11.6 Å². The van der Waals surface area contributed by atoms with Crippen LogP contribution in [0.15, 0.2) is 0 Å². The van der Waals surface area contributed by atoms with E-state index in [-0.39, 0.29) is 5.97 Å². The predicted molar refractivity (Wildman–Crippen MR) is 104 cm³/mol. The summed E-state index contributed by atoms with van der Waals surface area (Å²) in [5.74, 6) is -1.38. The SMILES string of the molecule is CCOC(=O)CC1CCC2(CC1)OOC1(CCCCCCCCCCC1)OO2. The monoisotopic (exact) mass is 398 g/mol. The fourth-order valence-electron chi connectivity index (χ4n) is 4.59. The number of ether oxygens (including phenoxy) is 1. The van der Waals surface area contributed by atoms with E-state index in [1.165, 1.54) is 44.9 Å². The van der Waals surface area contributed by atoms with Crippen LogP contribution in [0.3, 0.4) is 0 Å². The Morgan fingerprint density at radius 3 is 1.64 bits per heavy atom. The molecule has 1 heterocycles. The fraction of sp³-hybridized carbons (Fsp3) is 0.955. The highest BCUT2D eigenvalue weighted by Crippen LogP contribution is 2.44. The topological polar surface area (TPSA) is 63.2 Å². The molecule has 2 aliphatic carbocycles. The molecule has 0 bridgehead atoms. The quantitative estimate of drug-likeness (QED) is 0.446. The fourth-order valence-corrected chi connectivity index (χ4v) is 4.59. The van der Waals surface area contributed by atoms with Gasteiger partial charge in [-0.3, -0.25) is 4.79 Å². The molecular weight excluding hydrogens is 360 g/mol. The highest BCUT2D eigenvalue weighted by atomic mass is 17.4. The van der Waals surface area contributed by atoms with Crippen molar-refractivity contribution in [1.29, 1.82) is 0 Å². The van der Waals surface area contributed by atoms with Crippen LogP contribution >= 0.6 is 0 Å². The normalized spacial score (nSPS) is 27.0. The number of rotatable bonds is 3. The van der Waals surface area contributed by atoms with Crippen LogP contribution in [-0.4, -0.2) is 24.2 Å². The highest BCUT2D eigenvalue weighted by Gasteiger charge is 2.50. The van der Waals surface area contributed by atoms with Gasteiger partial charge < -0.3 is 4.74 Å². The third kappa shape index (κ3) is 6.41. The highest BCUT2D eigenvalue weighted by molar-refractivity contribution is 5.69. The Bertz CT molecular complexity index is 448. The summed E-state index contributed by atoms with van der Waals surface area (Å²) in [6.07, 6.45) is 16.3. The summed E-state index contributed by atoms with van der Waals surface area (Å²) in [7, 11) is 0.